The van der Waals surface area contributed by atoms with E-state index in [4.69, 9.17) is 4.98 Å². The third kappa shape index (κ3) is 2.08. The van der Waals surface area contributed by atoms with Crippen molar-refractivity contribution in [1.29, 1.82) is 0 Å². The van der Waals surface area contributed by atoms with Crippen LogP contribution in [0.1, 0.15) is 42.7 Å². The Bertz CT molecular complexity index is 1020. The lowest BCUT2D eigenvalue weighted by molar-refractivity contribution is 0.630. The fourth-order valence-electron chi connectivity index (χ4n) is 4.75. The van der Waals surface area contributed by atoms with E-state index < -0.39 is 0 Å². The third-order valence-corrected chi connectivity index (χ3v) is 6.19. The van der Waals surface area contributed by atoms with Crippen molar-refractivity contribution in [1.82, 2.24) is 4.98 Å². The number of nitrogens with zero attached hydrogens (tertiary/aromatic N) is 2. The van der Waals surface area contributed by atoms with Gasteiger partial charge in [-0.15, -0.1) is 0 Å². The predicted octanol–water partition coefficient (Wildman–Crippen LogP) is 5.64. The molecule has 1 aromatic heterocycles. The average Bonchev–Trinajstić information content (AvgIpc) is 3.14. The highest BCUT2D eigenvalue weighted by Crippen LogP contribution is 2.51. The SMILES string of the molecule is CN1c2ccccc2C(C)(C)c2cccc(-c3ccc4c(n3)CCC4)c21. The Balaban J connectivity index is 1.75. The van der Waals surface area contributed by atoms with Crippen molar-refractivity contribution >= 4 is 11.4 Å². The first-order valence-corrected chi connectivity index (χ1v) is 9.53. The molecule has 2 heteroatoms. The van der Waals surface area contributed by atoms with E-state index in [-0.39, 0.29) is 5.41 Å². The minimum Gasteiger partial charge on any atom is -0.344 e. The molecule has 0 radical (unpaired) electrons. The first-order chi connectivity index (χ1) is 12.6. The van der Waals surface area contributed by atoms with Gasteiger partial charge in [0.1, 0.15) is 0 Å². The van der Waals surface area contributed by atoms with Crippen molar-refractivity contribution in [3.8, 4) is 11.3 Å². The van der Waals surface area contributed by atoms with Crippen LogP contribution in [0, 0.1) is 0 Å². The summed E-state index contributed by atoms with van der Waals surface area (Å²) in [6, 6.07) is 19.9. The largest absolute Gasteiger partial charge is 0.344 e. The van der Waals surface area contributed by atoms with Crippen LogP contribution in [0.3, 0.4) is 0 Å². The average molecular weight is 340 g/mol. The van der Waals surface area contributed by atoms with E-state index in [2.05, 4.69) is 80.4 Å². The Morgan fingerprint density at radius 1 is 0.885 bits per heavy atom. The van der Waals surface area contributed by atoms with Crippen LogP contribution in [0.25, 0.3) is 11.3 Å². The second-order valence-electron chi connectivity index (χ2n) is 8.06. The van der Waals surface area contributed by atoms with Crippen molar-refractivity contribution in [3.05, 3.63) is 77.0 Å². The van der Waals surface area contributed by atoms with Gasteiger partial charge >= 0.3 is 0 Å². The molecule has 0 bridgehead atoms. The van der Waals surface area contributed by atoms with Gasteiger partial charge in [0, 0.05) is 29.4 Å². The summed E-state index contributed by atoms with van der Waals surface area (Å²) in [5.74, 6) is 0. The van der Waals surface area contributed by atoms with E-state index in [0.29, 0.717) is 0 Å². The molecule has 2 heterocycles. The van der Waals surface area contributed by atoms with Gasteiger partial charge in [-0.05, 0) is 48.1 Å². The van der Waals surface area contributed by atoms with Gasteiger partial charge in [0.05, 0.1) is 11.4 Å². The van der Waals surface area contributed by atoms with Crippen LogP contribution < -0.4 is 4.90 Å². The maximum absolute atomic E-state index is 5.04. The number of hydrogen-bond donors (Lipinski definition) is 0. The maximum Gasteiger partial charge on any atom is 0.0726 e. The highest BCUT2D eigenvalue weighted by atomic mass is 15.1. The summed E-state index contributed by atoms with van der Waals surface area (Å²) in [6.07, 6.45) is 3.52. The number of benzene rings is 2. The Morgan fingerprint density at radius 3 is 2.58 bits per heavy atom. The Morgan fingerprint density at radius 2 is 1.69 bits per heavy atom. The number of aryl methyl sites for hydroxylation is 2. The quantitative estimate of drug-likeness (QED) is 0.569. The summed E-state index contributed by atoms with van der Waals surface area (Å²) in [4.78, 5) is 7.39. The summed E-state index contributed by atoms with van der Waals surface area (Å²) in [5.41, 5.74) is 10.4. The molecule has 0 N–H and O–H groups in total. The van der Waals surface area contributed by atoms with E-state index in [1.807, 2.05) is 0 Å². The number of hydrogen-bond acceptors (Lipinski definition) is 2. The molecular formula is C24H24N2. The fourth-order valence-corrected chi connectivity index (χ4v) is 4.75. The molecule has 2 aliphatic rings. The van der Waals surface area contributed by atoms with Crippen LogP contribution in [0.15, 0.2) is 54.6 Å². The zero-order chi connectivity index (χ0) is 17.9. The van der Waals surface area contributed by atoms with E-state index in [1.54, 1.807) is 0 Å². The Labute approximate surface area is 155 Å². The van der Waals surface area contributed by atoms with Crippen molar-refractivity contribution in [2.45, 2.75) is 38.5 Å². The number of pyridine rings is 1. The molecule has 130 valence electrons. The lowest BCUT2D eigenvalue weighted by Gasteiger charge is -2.41. The molecule has 0 saturated carbocycles. The van der Waals surface area contributed by atoms with Crippen molar-refractivity contribution in [2.24, 2.45) is 0 Å². The van der Waals surface area contributed by atoms with Gasteiger partial charge in [0.2, 0.25) is 0 Å². The van der Waals surface area contributed by atoms with Crippen LogP contribution in [0.2, 0.25) is 0 Å². The molecule has 0 spiro atoms. The van der Waals surface area contributed by atoms with E-state index >= 15 is 0 Å². The van der Waals surface area contributed by atoms with Gasteiger partial charge in [-0.2, -0.15) is 0 Å². The van der Waals surface area contributed by atoms with Crippen LogP contribution >= 0.6 is 0 Å². The van der Waals surface area contributed by atoms with Gasteiger partial charge in [0.25, 0.3) is 0 Å². The molecule has 5 rings (SSSR count). The lowest BCUT2D eigenvalue weighted by Crippen LogP contribution is -2.31. The fraction of sp³-hybridized carbons (Fsp3) is 0.292. The monoisotopic (exact) mass is 340 g/mol. The highest BCUT2D eigenvalue weighted by Gasteiger charge is 2.36. The molecule has 0 amide bonds. The normalized spacial score (nSPS) is 16.8. The summed E-state index contributed by atoms with van der Waals surface area (Å²) in [6.45, 7) is 4.66. The molecule has 26 heavy (non-hydrogen) atoms. The van der Waals surface area contributed by atoms with Gasteiger partial charge in [-0.1, -0.05) is 56.3 Å². The molecule has 1 aliphatic heterocycles. The zero-order valence-electron chi connectivity index (χ0n) is 15.7. The minimum absolute atomic E-state index is 0.0226. The summed E-state index contributed by atoms with van der Waals surface area (Å²) in [5, 5.41) is 0. The molecule has 1 aliphatic carbocycles. The Kier molecular flexibility index (Phi) is 3.27. The molecule has 0 saturated heterocycles. The number of anilines is 2. The summed E-state index contributed by atoms with van der Waals surface area (Å²) in [7, 11) is 2.18. The van der Waals surface area contributed by atoms with Crippen LogP contribution in [0.5, 0.6) is 0 Å². The minimum atomic E-state index is -0.0226. The number of fused-ring (bicyclic) bond motifs is 3. The standard InChI is InChI=1S/C24H24N2/c1-24(2)18-10-4-5-13-22(18)26(3)23-17(9-7-11-19(23)24)21-15-14-16-8-6-12-20(16)25-21/h4-5,7,9-11,13-15H,6,8,12H2,1-3H3. The first-order valence-electron chi connectivity index (χ1n) is 9.53. The van der Waals surface area contributed by atoms with Crippen LogP contribution in [0.4, 0.5) is 11.4 Å². The summed E-state index contributed by atoms with van der Waals surface area (Å²) < 4.78 is 0. The lowest BCUT2D eigenvalue weighted by atomic mass is 9.73. The van der Waals surface area contributed by atoms with Gasteiger partial charge < -0.3 is 4.90 Å². The maximum atomic E-state index is 5.04. The Hall–Kier alpha value is -2.61. The first kappa shape index (κ1) is 15.6. The van der Waals surface area contributed by atoms with E-state index in [0.717, 1.165) is 12.1 Å². The molecular weight excluding hydrogens is 316 g/mol. The molecule has 3 aromatic rings. The molecule has 0 fully saturated rings. The van der Waals surface area contributed by atoms with E-state index in [1.165, 1.54) is 52.2 Å². The van der Waals surface area contributed by atoms with Crippen molar-refractivity contribution in [3.63, 3.8) is 0 Å². The number of rotatable bonds is 1. The molecule has 0 unspecified atom stereocenters. The predicted molar refractivity (Wildman–Crippen MR) is 108 cm³/mol. The third-order valence-electron chi connectivity index (χ3n) is 6.19. The van der Waals surface area contributed by atoms with Gasteiger partial charge in [-0.25, -0.2) is 0 Å². The van der Waals surface area contributed by atoms with Crippen molar-refractivity contribution in [2.75, 3.05) is 11.9 Å². The second kappa shape index (κ2) is 5.44. The smallest absolute Gasteiger partial charge is 0.0726 e. The molecule has 2 aromatic carbocycles. The number of para-hydroxylation sites is 2. The van der Waals surface area contributed by atoms with Gasteiger partial charge in [-0.3, -0.25) is 4.98 Å². The topological polar surface area (TPSA) is 16.1 Å². The van der Waals surface area contributed by atoms with Crippen LogP contribution in [-0.4, -0.2) is 12.0 Å². The molecule has 2 nitrogen and oxygen atoms in total. The second-order valence-corrected chi connectivity index (χ2v) is 8.06. The van der Waals surface area contributed by atoms with Crippen LogP contribution in [-0.2, 0) is 18.3 Å². The van der Waals surface area contributed by atoms with Gasteiger partial charge in [0.15, 0.2) is 0 Å². The molecule has 0 atom stereocenters. The zero-order valence-corrected chi connectivity index (χ0v) is 15.7. The van der Waals surface area contributed by atoms with E-state index in [9.17, 15) is 0 Å². The highest BCUT2D eigenvalue weighted by molar-refractivity contribution is 5.88. The number of aromatic nitrogens is 1. The summed E-state index contributed by atoms with van der Waals surface area (Å²) >= 11 is 0. The van der Waals surface area contributed by atoms with Crippen molar-refractivity contribution < 1.29 is 0 Å².